The third-order valence-electron chi connectivity index (χ3n) is 5.72. The van der Waals surface area contributed by atoms with Crippen molar-refractivity contribution in [1.82, 2.24) is 4.98 Å². The number of nitrogens with zero attached hydrogens (tertiary/aromatic N) is 3. The van der Waals surface area contributed by atoms with Crippen molar-refractivity contribution in [2.24, 2.45) is 0 Å². The van der Waals surface area contributed by atoms with Crippen molar-refractivity contribution >= 4 is 16.6 Å². The summed E-state index contributed by atoms with van der Waals surface area (Å²) in [5.74, 6) is 1.24. The number of pyridine rings is 1. The molecular formula is C27H20F3N3O2. The molecule has 0 saturated heterocycles. The Bertz CT molecular complexity index is 1380. The quantitative estimate of drug-likeness (QED) is 0.273. The lowest BCUT2D eigenvalue weighted by molar-refractivity contribution is -0.274. The molecule has 0 unspecified atom stereocenters. The highest BCUT2D eigenvalue weighted by Crippen LogP contribution is 2.47. The highest BCUT2D eigenvalue weighted by molar-refractivity contribution is 5.89. The van der Waals surface area contributed by atoms with Gasteiger partial charge >= 0.3 is 6.36 Å². The highest BCUT2D eigenvalue weighted by atomic mass is 19.4. The van der Waals surface area contributed by atoms with E-state index in [4.69, 9.17) is 15.1 Å². The molecule has 0 N–H and O–H groups in total. The van der Waals surface area contributed by atoms with Gasteiger partial charge in [-0.05, 0) is 66.1 Å². The minimum atomic E-state index is -4.75. The molecule has 0 spiro atoms. The minimum absolute atomic E-state index is 0.233. The van der Waals surface area contributed by atoms with Gasteiger partial charge in [0.1, 0.15) is 5.75 Å². The number of nitriles is 1. The monoisotopic (exact) mass is 475 g/mol. The number of halogens is 3. The summed E-state index contributed by atoms with van der Waals surface area (Å²) in [6.45, 7) is 0.233. The Morgan fingerprint density at radius 1 is 0.943 bits per heavy atom. The highest BCUT2D eigenvalue weighted by Gasteiger charge is 2.32. The van der Waals surface area contributed by atoms with Crippen LogP contribution in [-0.2, 0) is 6.54 Å². The van der Waals surface area contributed by atoms with Crippen LogP contribution in [0.4, 0.5) is 19.0 Å². The van der Waals surface area contributed by atoms with Crippen LogP contribution < -0.4 is 14.6 Å². The number of hydrogen-bond acceptors (Lipinski definition) is 5. The summed E-state index contributed by atoms with van der Waals surface area (Å²) < 4.78 is 41.6. The van der Waals surface area contributed by atoms with E-state index < -0.39 is 6.36 Å². The Morgan fingerprint density at radius 3 is 2.29 bits per heavy atom. The van der Waals surface area contributed by atoms with Crippen LogP contribution >= 0.6 is 0 Å². The third kappa shape index (κ3) is 5.30. The van der Waals surface area contributed by atoms with Crippen LogP contribution in [0.3, 0.4) is 0 Å². The van der Waals surface area contributed by atoms with Crippen LogP contribution in [-0.4, -0.2) is 11.3 Å². The van der Waals surface area contributed by atoms with Gasteiger partial charge in [0.15, 0.2) is 11.6 Å². The standard InChI is InChI=1S/C27H20F3N3O2/c28-27(29,30)34-22-11-7-19(8-12-22)17-33(35-23-13-5-18(15-31)6-14-23)26-25(20-9-10-20)24-4-2-1-3-21(24)16-32-26/h1-8,11-14,16,20H,9-10,17H2. The van der Waals surface area contributed by atoms with Crippen molar-refractivity contribution in [2.45, 2.75) is 31.7 Å². The third-order valence-corrected chi connectivity index (χ3v) is 5.72. The summed E-state index contributed by atoms with van der Waals surface area (Å²) >= 11 is 0. The molecule has 0 bridgehead atoms. The molecule has 0 aliphatic heterocycles. The molecule has 1 heterocycles. The number of hydrogen-bond donors (Lipinski definition) is 0. The molecule has 35 heavy (non-hydrogen) atoms. The first kappa shape index (κ1) is 22.5. The number of rotatable bonds is 7. The van der Waals surface area contributed by atoms with E-state index in [1.54, 1.807) is 47.7 Å². The number of anilines is 1. The average molecular weight is 475 g/mol. The molecule has 1 saturated carbocycles. The van der Waals surface area contributed by atoms with Gasteiger partial charge in [-0.15, -0.1) is 13.2 Å². The maximum Gasteiger partial charge on any atom is 0.573 e. The van der Waals surface area contributed by atoms with Crippen LogP contribution in [0.1, 0.15) is 35.4 Å². The van der Waals surface area contributed by atoms with Crippen molar-refractivity contribution in [2.75, 3.05) is 5.06 Å². The molecule has 3 aromatic carbocycles. The predicted molar refractivity (Wildman–Crippen MR) is 125 cm³/mol. The van der Waals surface area contributed by atoms with Crippen molar-refractivity contribution in [3.05, 3.63) is 95.7 Å². The van der Waals surface area contributed by atoms with Gasteiger partial charge in [-0.1, -0.05) is 36.4 Å². The van der Waals surface area contributed by atoms with Crippen LogP contribution in [0.5, 0.6) is 11.5 Å². The molecule has 0 atom stereocenters. The topological polar surface area (TPSA) is 58.4 Å². The largest absolute Gasteiger partial charge is 0.573 e. The van der Waals surface area contributed by atoms with Crippen molar-refractivity contribution < 1.29 is 22.7 Å². The van der Waals surface area contributed by atoms with Gasteiger partial charge in [0.2, 0.25) is 0 Å². The average Bonchev–Trinajstić information content (AvgIpc) is 3.69. The lowest BCUT2D eigenvalue weighted by Crippen LogP contribution is -2.29. The van der Waals surface area contributed by atoms with E-state index in [2.05, 4.69) is 16.9 Å². The lowest BCUT2D eigenvalue weighted by Gasteiger charge is -2.26. The molecule has 176 valence electrons. The Hall–Kier alpha value is -4.25. The predicted octanol–water partition coefficient (Wildman–Crippen LogP) is 6.88. The van der Waals surface area contributed by atoms with Crippen LogP contribution in [0.15, 0.2) is 79.0 Å². The summed E-state index contributed by atoms with van der Waals surface area (Å²) in [5.41, 5.74) is 2.31. The Labute approximate surface area is 199 Å². The van der Waals surface area contributed by atoms with Crippen LogP contribution in [0.25, 0.3) is 10.8 Å². The summed E-state index contributed by atoms with van der Waals surface area (Å²) in [6.07, 6.45) is -0.847. The molecule has 1 aromatic heterocycles. The van der Waals surface area contributed by atoms with E-state index in [-0.39, 0.29) is 12.3 Å². The van der Waals surface area contributed by atoms with E-state index in [0.717, 1.165) is 29.2 Å². The smallest absolute Gasteiger partial charge is 0.406 e. The maximum atomic E-state index is 12.5. The first-order valence-electron chi connectivity index (χ1n) is 11.1. The van der Waals surface area contributed by atoms with E-state index in [9.17, 15) is 13.2 Å². The molecule has 1 fully saturated rings. The molecule has 4 aromatic rings. The zero-order chi connectivity index (χ0) is 24.4. The first-order chi connectivity index (χ1) is 16.9. The lowest BCUT2D eigenvalue weighted by atomic mass is 10.0. The van der Waals surface area contributed by atoms with Gasteiger partial charge in [-0.25, -0.2) is 4.98 Å². The van der Waals surface area contributed by atoms with Gasteiger partial charge in [-0.3, -0.25) is 0 Å². The fraction of sp³-hybridized carbons (Fsp3) is 0.185. The molecular weight excluding hydrogens is 455 g/mol. The number of aromatic nitrogens is 1. The summed E-state index contributed by atoms with van der Waals surface area (Å²) in [5, 5.41) is 12.9. The fourth-order valence-corrected chi connectivity index (χ4v) is 3.98. The SMILES string of the molecule is N#Cc1ccc(ON(Cc2ccc(OC(F)(F)F)cc2)c2ncc3ccccc3c2C2CC2)cc1. The summed E-state index contributed by atoms with van der Waals surface area (Å²) in [7, 11) is 0. The molecule has 5 nitrogen and oxygen atoms in total. The number of alkyl halides is 3. The number of benzene rings is 3. The van der Waals surface area contributed by atoms with Gasteiger partial charge in [0.05, 0.1) is 18.2 Å². The minimum Gasteiger partial charge on any atom is -0.406 e. The van der Waals surface area contributed by atoms with E-state index in [0.29, 0.717) is 28.6 Å². The Morgan fingerprint density at radius 2 is 1.63 bits per heavy atom. The van der Waals surface area contributed by atoms with Crippen LogP contribution in [0, 0.1) is 11.3 Å². The van der Waals surface area contributed by atoms with Crippen molar-refractivity contribution in [3.63, 3.8) is 0 Å². The van der Waals surface area contributed by atoms with Gasteiger partial charge in [0.25, 0.3) is 0 Å². The second-order valence-corrected chi connectivity index (χ2v) is 8.31. The molecule has 1 aliphatic rings. The number of hydroxylamine groups is 1. The van der Waals surface area contributed by atoms with Crippen molar-refractivity contribution in [1.29, 1.82) is 5.26 Å². The van der Waals surface area contributed by atoms with E-state index in [1.807, 2.05) is 18.2 Å². The molecule has 0 radical (unpaired) electrons. The normalized spacial score (nSPS) is 13.3. The summed E-state index contributed by atoms with van der Waals surface area (Å²) in [4.78, 5) is 11.0. The zero-order valence-corrected chi connectivity index (χ0v) is 18.5. The number of fused-ring (bicyclic) bond motifs is 1. The maximum absolute atomic E-state index is 12.5. The van der Waals surface area contributed by atoms with E-state index >= 15 is 0 Å². The Balaban J connectivity index is 1.52. The molecule has 5 rings (SSSR count). The van der Waals surface area contributed by atoms with Gasteiger partial charge < -0.3 is 9.57 Å². The second-order valence-electron chi connectivity index (χ2n) is 8.31. The molecule has 1 aliphatic carbocycles. The van der Waals surface area contributed by atoms with E-state index in [1.165, 1.54) is 12.1 Å². The summed E-state index contributed by atoms with van der Waals surface area (Å²) in [6, 6.07) is 22.5. The first-order valence-corrected chi connectivity index (χ1v) is 11.1. The van der Waals surface area contributed by atoms with Gasteiger partial charge in [-0.2, -0.15) is 10.3 Å². The fourth-order valence-electron chi connectivity index (χ4n) is 3.98. The Kier molecular flexibility index (Phi) is 5.91. The van der Waals surface area contributed by atoms with Gasteiger partial charge in [0, 0.05) is 17.1 Å². The van der Waals surface area contributed by atoms with Crippen LogP contribution in [0.2, 0.25) is 0 Å². The molecule has 0 amide bonds. The zero-order valence-electron chi connectivity index (χ0n) is 18.5. The number of ether oxygens (including phenoxy) is 1. The second kappa shape index (κ2) is 9.18. The van der Waals surface area contributed by atoms with Crippen molar-refractivity contribution in [3.8, 4) is 17.6 Å². The molecule has 8 heteroatoms.